The van der Waals surface area contributed by atoms with Gasteiger partial charge in [0, 0.05) is 24.8 Å². The normalized spacial score (nSPS) is 14.2. The third-order valence-electron chi connectivity index (χ3n) is 3.60. The summed E-state index contributed by atoms with van der Waals surface area (Å²) in [7, 11) is 1.57. The van der Waals surface area contributed by atoms with Crippen LogP contribution in [0.1, 0.15) is 37.7 Å². The van der Waals surface area contributed by atoms with Crippen LogP contribution < -0.4 is 15.4 Å². The van der Waals surface area contributed by atoms with Gasteiger partial charge in [-0.1, -0.05) is 17.7 Å². The Morgan fingerprint density at radius 1 is 1.38 bits per heavy atom. The molecule has 1 aliphatic carbocycles. The molecule has 2 N–H and O–H groups in total. The van der Waals surface area contributed by atoms with E-state index in [2.05, 4.69) is 21.7 Å². The lowest BCUT2D eigenvalue weighted by molar-refractivity contribution is 0.240. The number of nitrogens with one attached hydrogen (secondary N) is 2. The van der Waals surface area contributed by atoms with Gasteiger partial charge in [-0.05, 0) is 38.2 Å². The van der Waals surface area contributed by atoms with Crippen LogP contribution in [0.5, 0.6) is 5.88 Å². The number of allylic oxidation sites excluding steroid dienone is 1. The Morgan fingerprint density at radius 2 is 2.29 bits per heavy atom. The molecule has 5 nitrogen and oxygen atoms in total. The first-order valence-electron chi connectivity index (χ1n) is 7.47. The molecule has 114 valence electrons. The molecule has 0 saturated carbocycles. The number of hydrogen-bond donors (Lipinski definition) is 2. The van der Waals surface area contributed by atoms with Crippen LogP contribution >= 0.6 is 0 Å². The Bertz CT molecular complexity index is 500. The molecule has 1 aromatic rings. The van der Waals surface area contributed by atoms with Gasteiger partial charge in [-0.15, -0.1) is 0 Å². The SMILES string of the molecule is COc1ncccc1CNC(=O)NCCC1=CCCCC1. The van der Waals surface area contributed by atoms with Crippen molar-refractivity contribution in [1.29, 1.82) is 0 Å². The molecule has 1 aromatic heterocycles. The van der Waals surface area contributed by atoms with E-state index in [9.17, 15) is 4.79 Å². The van der Waals surface area contributed by atoms with E-state index in [0.29, 0.717) is 19.0 Å². The van der Waals surface area contributed by atoms with Crippen molar-refractivity contribution in [2.75, 3.05) is 13.7 Å². The Kier molecular flexibility index (Phi) is 6.06. The minimum atomic E-state index is -0.155. The highest BCUT2D eigenvalue weighted by molar-refractivity contribution is 5.73. The van der Waals surface area contributed by atoms with E-state index in [0.717, 1.165) is 12.0 Å². The van der Waals surface area contributed by atoms with Crippen molar-refractivity contribution in [1.82, 2.24) is 15.6 Å². The average Bonchev–Trinajstić information content (AvgIpc) is 2.54. The maximum absolute atomic E-state index is 11.8. The minimum Gasteiger partial charge on any atom is -0.481 e. The molecule has 21 heavy (non-hydrogen) atoms. The molecule has 5 heteroatoms. The van der Waals surface area contributed by atoms with Gasteiger partial charge in [0.1, 0.15) is 0 Å². The molecule has 0 atom stereocenters. The van der Waals surface area contributed by atoms with Gasteiger partial charge in [0.25, 0.3) is 0 Å². The van der Waals surface area contributed by atoms with Gasteiger partial charge in [0.2, 0.25) is 5.88 Å². The quantitative estimate of drug-likeness (QED) is 0.792. The fraction of sp³-hybridized carbons (Fsp3) is 0.500. The minimum absolute atomic E-state index is 0.155. The first-order chi connectivity index (χ1) is 10.3. The van der Waals surface area contributed by atoms with Crippen molar-refractivity contribution in [3.63, 3.8) is 0 Å². The molecule has 0 aliphatic heterocycles. The van der Waals surface area contributed by atoms with Crippen molar-refractivity contribution >= 4 is 6.03 Å². The van der Waals surface area contributed by atoms with Crippen LogP contribution in [0.3, 0.4) is 0 Å². The number of urea groups is 1. The molecular formula is C16H23N3O2. The number of aromatic nitrogens is 1. The van der Waals surface area contributed by atoms with E-state index < -0.39 is 0 Å². The molecule has 0 unspecified atom stereocenters. The summed E-state index contributed by atoms with van der Waals surface area (Å²) >= 11 is 0. The number of rotatable bonds is 6. The van der Waals surface area contributed by atoms with Gasteiger partial charge in [0.05, 0.1) is 7.11 Å². The summed E-state index contributed by atoms with van der Waals surface area (Å²) in [6, 6.07) is 3.56. The average molecular weight is 289 g/mol. The molecule has 0 radical (unpaired) electrons. The van der Waals surface area contributed by atoms with Gasteiger partial charge in [-0.25, -0.2) is 9.78 Å². The molecule has 1 aliphatic rings. The molecule has 2 rings (SSSR count). The second kappa shape index (κ2) is 8.29. The lowest BCUT2D eigenvalue weighted by Gasteiger charge is -2.13. The molecule has 2 amide bonds. The first-order valence-corrected chi connectivity index (χ1v) is 7.47. The summed E-state index contributed by atoms with van der Waals surface area (Å²) in [6.45, 7) is 1.09. The molecule has 0 saturated heterocycles. The lowest BCUT2D eigenvalue weighted by atomic mass is 9.97. The number of carbonyl (C=O) groups is 1. The number of nitrogens with zero attached hydrogens (tertiary/aromatic N) is 1. The largest absolute Gasteiger partial charge is 0.481 e. The van der Waals surface area contributed by atoms with Gasteiger partial charge >= 0.3 is 6.03 Å². The number of amides is 2. The van der Waals surface area contributed by atoms with E-state index in [1.807, 2.05) is 12.1 Å². The second-order valence-electron chi connectivity index (χ2n) is 5.14. The summed E-state index contributed by atoms with van der Waals surface area (Å²) in [5.41, 5.74) is 2.33. The Balaban J connectivity index is 1.68. The van der Waals surface area contributed by atoms with E-state index in [-0.39, 0.29) is 6.03 Å². The first kappa shape index (κ1) is 15.4. The summed E-state index contributed by atoms with van der Waals surface area (Å²) in [5, 5.41) is 5.71. The standard InChI is InChI=1S/C16H23N3O2/c1-21-15-14(8-5-10-17-15)12-19-16(20)18-11-9-13-6-3-2-4-7-13/h5-6,8,10H,2-4,7,9,11-12H2,1H3,(H2,18,19,20). The molecular weight excluding hydrogens is 266 g/mol. The molecule has 1 heterocycles. The summed E-state index contributed by atoms with van der Waals surface area (Å²) in [5.74, 6) is 0.546. The number of pyridine rings is 1. The van der Waals surface area contributed by atoms with Gasteiger partial charge in [0.15, 0.2) is 0 Å². The number of carbonyl (C=O) groups excluding carboxylic acids is 1. The van der Waals surface area contributed by atoms with E-state index in [4.69, 9.17) is 4.74 Å². The maximum Gasteiger partial charge on any atom is 0.315 e. The van der Waals surface area contributed by atoms with Gasteiger partial charge in [-0.2, -0.15) is 0 Å². The predicted octanol–water partition coefficient (Wildman–Crippen LogP) is 2.78. The zero-order valence-corrected chi connectivity index (χ0v) is 12.5. The van der Waals surface area contributed by atoms with E-state index >= 15 is 0 Å². The zero-order valence-electron chi connectivity index (χ0n) is 12.5. The number of methoxy groups -OCH3 is 1. The monoisotopic (exact) mass is 289 g/mol. The summed E-state index contributed by atoms with van der Waals surface area (Å²) in [6.07, 6.45) is 9.86. The van der Waals surface area contributed by atoms with Crippen LogP contribution in [-0.4, -0.2) is 24.7 Å². The lowest BCUT2D eigenvalue weighted by Crippen LogP contribution is -2.35. The highest BCUT2D eigenvalue weighted by atomic mass is 16.5. The molecule has 0 spiro atoms. The molecule has 0 bridgehead atoms. The van der Waals surface area contributed by atoms with Crippen molar-refractivity contribution < 1.29 is 9.53 Å². The summed E-state index contributed by atoms with van der Waals surface area (Å²) in [4.78, 5) is 15.9. The van der Waals surface area contributed by atoms with Crippen molar-refractivity contribution in [3.05, 3.63) is 35.5 Å². The topological polar surface area (TPSA) is 63.2 Å². The van der Waals surface area contributed by atoms with Crippen LogP contribution in [0.15, 0.2) is 30.0 Å². The third-order valence-corrected chi connectivity index (χ3v) is 3.60. The van der Waals surface area contributed by atoms with E-state index in [1.54, 1.807) is 13.3 Å². The van der Waals surface area contributed by atoms with Crippen LogP contribution in [0.4, 0.5) is 4.79 Å². The predicted molar refractivity (Wildman–Crippen MR) is 82.2 cm³/mol. The van der Waals surface area contributed by atoms with Crippen molar-refractivity contribution in [2.45, 2.75) is 38.6 Å². The zero-order chi connectivity index (χ0) is 14.9. The Morgan fingerprint density at radius 3 is 3.05 bits per heavy atom. The Labute approximate surface area is 125 Å². The van der Waals surface area contributed by atoms with Crippen LogP contribution in [-0.2, 0) is 6.54 Å². The number of ether oxygens (including phenoxy) is 1. The highest BCUT2D eigenvalue weighted by Crippen LogP contribution is 2.19. The fourth-order valence-electron chi connectivity index (χ4n) is 2.45. The van der Waals surface area contributed by atoms with Crippen LogP contribution in [0.25, 0.3) is 0 Å². The van der Waals surface area contributed by atoms with Gasteiger partial charge < -0.3 is 15.4 Å². The van der Waals surface area contributed by atoms with Crippen molar-refractivity contribution in [2.24, 2.45) is 0 Å². The van der Waals surface area contributed by atoms with Crippen LogP contribution in [0.2, 0.25) is 0 Å². The van der Waals surface area contributed by atoms with Crippen molar-refractivity contribution in [3.8, 4) is 5.88 Å². The fourth-order valence-corrected chi connectivity index (χ4v) is 2.45. The smallest absolute Gasteiger partial charge is 0.315 e. The Hall–Kier alpha value is -2.04. The molecule has 0 aromatic carbocycles. The molecule has 0 fully saturated rings. The van der Waals surface area contributed by atoms with Crippen LogP contribution in [0, 0.1) is 0 Å². The highest BCUT2D eigenvalue weighted by Gasteiger charge is 2.07. The second-order valence-corrected chi connectivity index (χ2v) is 5.14. The summed E-state index contributed by atoms with van der Waals surface area (Å²) < 4.78 is 5.15. The van der Waals surface area contributed by atoms with E-state index in [1.165, 1.54) is 31.3 Å². The van der Waals surface area contributed by atoms with Gasteiger partial charge in [-0.3, -0.25) is 0 Å². The maximum atomic E-state index is 11.8. The number of hydrogen-bond acceptors (Lipinski definition) is 3. The third kappa shape index (κ3) is 5.10.